The first-order chi connectivity index (χ1) is 8.22. The number of nitrogens with one attached hydrogen (secondary N) is 1. The molecule has 5 nitrogen and oxygen atoms in total. The fraction of sp³-hybridized carbons (Fsp3) is 0.250. The topological polar surface area (TPSA) is 78.9 Å². The molecule has 17 heavy (non-hydrogen) atoms. The molecule has 0 aliphatic rings. The number of aliphatic hydroxyl groups is 1. The number of aliphatic hydroxyl groups excluding tert-OH is 1. The number of hydrogen-bond acceptors (Lipinski definition) is 4. The first-order valence-electron chi connectivity index (χ1n) is 5.33. The van der Waals surface area contributed by atoms with E-state index in [2.05, 4.69) is 15.0 Å². The van der Waals surface area contributed by atoms with Gasteiger partial charge in [0.1, 0.15) is 5.82 Å². The van der Waals surface area contributed by atoms with E-state index in [1.165, 1.54) is 0 Å². The van der Waals surface area contributed by atoms with E-state index in [0.717, 1.165) is 5.56 Å². The van der Waals surface area contributed by atoms with E-state index in [0.29, 0.717) is 23.5 Å². The Morgan fingerprint density at radius 3 is 2.65 bits per heavy atom. The van der Waals surface area contributed by atoms with Crippen LogP contribution < -0.4 is 5.56 Å². The summed E-state index contributed by atoms with van der Waals surface area (Å²) in [6.45, 7) is 1.71. The number of hydrogen-bond donors (Lipinski definition) is 2. The predicted octanol–water partition coefficient (Wildman–Crippen LogP) is 0.675. The molecular weight excluding hydrogens is 218 g/mol. The van der Waals surface area contributed by atoms with Crippen LogP contribution >= 0.6 is 0 Å². The van der Waals surface area contributed by atoms with Gasteiger partial charge in [0.25, 0.3) is 5.56 Å². The second kappa shape index (κ2) is 4.88. The van der Waals surface area contributed by atoms with Crippen molar-refractivity contribution in [3.63, 3.8) is 0 Å². The number of aromatic amines is 1. The molecule has 0 atom stereocenters. The normalized spacial score (nSPS) is 10.5. The maximum absolute atomic E-state index is 11.8. The van der Waals surface area contributed by atoms with E-state index >= 15 is 0 Å². The summed E-state index contributed by atoms with van der Waals surface area (Å²) in [5.74, 6) is 0.525. The van der Waals surface area contributed by atoms with Crippen molar-refractivity contribution in [3.8, 4) is 11.4 Å². The van der Waals surface area contributed by atoms with Crippen LogP contribution in [0.2, 0.25) is 0 Å². The molecule has 0 aliphatic heterocycles. The third-order valence-corrected chi connectivity index (χ3v) is 2.54. The van der Waals surface area contributed by atoms with Crippen LogP contribution in [0.1, 0.15) is 11.3 Å². The molecule has 2 rings (SSSR count). The summed E-state index contributed by atoms with van der Waals surface area (Å²) in [7, 11) is 0. The van der Waals surface area contributed by atoms with E-state index in [1.807, 2.05) is 0 Å². The van der Waals surface area contributed by atoms with Crippen molar-refractivity contribution in [2.24, 2.45) is 0 Å². The van der Waals surface area contributed by atoms with Gasteiger partial charge in [0.15, 0.2) is 0 Å². The van der Waals surface area contributed by atoms with Gasteiger partial charge in [-0.1, -0.05) is 0 Å². The van der Waals surface area contributed by atoms with Crippen LogP contribution in [0, 0.1) is 6.92 Å². The number of rotatable bonds is 3. The highest BCUT2D eigenvalue weighted by Crippen LogP contribution is 2.12. The van der Waals surface area contributed by atoms with E-state index in [-0.39, 0.29) is 12.2 Å². The third kappa shape index (κ3) is 2.39. The van der Waals surface area contributed by atoms with Gasteiger partial charge in [-0.25, -0.2) is 4.98 Å². The van der Waals surface area contributed by atoms with Crippen molar-refractivity contribution >= 4 is 0 Å². The molecule has 0 saturated heterocycles. The Hall–Kier alpha value is -2.01. The van der Waals surface area contributed by atoms with Crippen molar-refractivity contribution in [1.82, 2.24) is 15.0 Å². The van der Waals surface area contributed by atoms with Crippen molar-refractivity contribution < 1.29 is 5.11 Å². The van der Waals surface area contributed by atoms with Crippen molar-refractivity contribution in [3.05, 3.63) is 46.1 Å². The zero-order valence-corrected chi connectivity index (χ0v) is 9.47. The van der Waals surface area contributed by atoms with E-state index in [1.54, 1.807) is 31.5 Å². The summed E-state index contributed by atoms with van der Waals surface area (Å²) in [5.41, 5.74) is 1.80. The number of pyridine rings is 1. The zero-order chi connectivity index (χ0) is 12.3. The van der Waals surface area contributed by atoms with E-state index in [9.17, 15) is 4.79 Å². The van der Waals surface area contributed by atoms with Crippen molar-refractivity contribution in [2.45, 2.75) is 13.3 Å². The van der Waals surface area contributed by atoms with Crippen LogP contribution in [0.4, 0.5) is 0 Å². The molecule has 5 heteroatoms. The minimum atomic E-state index is -0.196. The lowest BCUT2D eigenvalue weighted by atomic mass is 10.1. The number of aryl methyl sites for hydroxylation is 1. The minimum absolute atomic E-state index is 0.0554. The molecule has 0 fully saturated rings. The Labute approximate surface area is 98.2 Å². The second-order valence-electron chi connectivity index (χ2n) is 3.69. The molecule has 0 bridgehead atoms. The average Bonchev–Trinajstić information content (AvgIpc) is 2.35. The van der Waals surface area contributed by atoms with Crippen molar-refractivity contribution in [2.75, 3.05) is 6.61 Å². The number of H-pyrrole nitrogens is 1. The highest BCUT2D eigenvalue weighted by molar-refractivity contribution is 5.53. The monoisotopic (exact) mass is 231 g/mol. The molecule has 2 aromatic heterocycles. The smallest absolute Gasteiger partial charge is 0.254 e. The maximum atomic E-state index is 11.8. The molecule has 0 amide bonds. The summed E-state index contributed by atoms with van der Waals surface area (Å²) in [4.78, 5) is 22.8. The Bertz CT molecular complexity index is 564. The Morgan fingerprint density at radius 1 is 1.35 bits per heavy atom. The lowest BCUT2D eigenvalue weighted by molar-refractivity contribution is 0.298. The highest BCUT2D eigenvalue weighted by atomic mass is 16.3. The fourth-order valence-corrected chi connectivity index (χ4v) is 1.66. The number of nitrogens with zero attached hydrogens (tertiary/aromatic N) is 2. The first-order valence-corrected chi connectivity index (χ1v) is 5.33. The van der Waals surface area contributed by atoms with Gasteiger partial charge < -0.3 is 10.1 Å². The molecular formula is C12H13N3O2. The SMILES string of the molecule is Cc1nc(-c2ccncc2)[nH]c(=O)c1CCO. The van der Waals surface area contributed by atoms with Gasteiger partial charge in [-0.3, -0.25) is 9.78 Å². The van der Waals surface area contributed by atoms with Crippen LogP contribution in [0.3, 0.4) is 0 Å². The van der Waals surface area contributed by atoms with E-state index < -0.39 is 0 Å². The lowest BCUT2D eigenvalue weighted by Gasteiger charge is -2.05. The fourth-order valence-electron chi connectivity index (χ4n) is 1.66. The lowest BCUT2D eigenvalue weighted by Crippen LogP contribution is -2.18. The number of aromatic nitrogens is 3. The summed E-state index contributed by atoms with van der Waals surface area (Å²) in [5, 5.41) is 8.87. The van der Waals surface area contributed by atoms with E-state index in [4.69, 9.17) is 5.11 Å². The average molecular weight is 231 g/mol. The molecule has 0 aliphatic carbocycles. The van der Waals surface area contributed by atoms with Gasteiger partial charge in [-0.15, -0.1) is 0 Å². The maximum Gasteiger partial charge on any atom is 0.254 e. The molecule has 0 spiro atoms. The largest absolute Gasteiger partial charge is 0.396 e. The van der Waals surface area contributed by atoms with Crippen molar-refractivity contribution in [1.29, 1.82) is 0 Å². The summed E-state index contributed by atoms with van der Waals surface area (Å²) < 4.78 is 0. The Balaban J connectivity index is 2.50. The first kappa shape index (κ1) is 11.5. The summed E-state index contributed by atoms with van der Waals surface area (Å²) >= 11 is 0. The predicted molar refractivity (Wildman–Crippen MR) is 63.6 cm³/mol. The molecule has 0 aromatic carbocycles. The molecule has 0 unspecified atom stereocenters. The van der Waals surface area contributed by atoms with Crippen LogP contribution in [0.5, 0.6) is 0 Å². The van der Waals surface area contributed by atoms with Crippen LogP contribution in [0.15, 0.2) is 29.3 Å². The van der Waals surface area contributed by atoms with Crippen LogP contribution in [-0.2, 0) is 6.42 Å². The van der Waals surface area contributed by atoms with Crippen LogP contribution in [-0.4, -0.2) is 26.7 Å². The molecule has 2 aromatic rings. The van der Waals surface area contributed by atoms with Crippen LogP contribution in [0.25, 0.3) is 11.4 Å². The highest BCUT2D eigenvalue weighted by Gasteiger charge is 2.08. The Kier molecular flexibility index (Phi) is 3.30. The summed E-state index contributed by atoms with van der Waals surface area (Å²) in [6.07, 6.45) is 3.61. The van der Waals surface area contributed by atoms with Gasteiger partial charge in [0.05, 0.1) is 0 Å². The van der Waals surface area contributed by atoms with Gasteiger partial charge in [0.2, 0.25) is 0 Å². The van der Waals surface area contributed by atoms with Gasteiger partial charge >= 0.3 is 0 Å². The van der Waals surface area contributed by atoms with Gasteiger partial charge in [-0.05, 0) is 19.1 Å². The second-order valence-corrected chi connectivity index (χ2v) is 3.69. The van der Waals surface area contributed by atoms with Gasteiger partial charge in [0, 0.05) is 42.2 Å². The zero-order valence-electron chi connectivity index (χ0n) is 9.47. The third-order valence-electron chi connectivity index (χ3n) is 2.54. The molecule has 0 radical (unpaired) electrons. The summed E-state index contributed by atoms with van der Waals surface area (Å²) in [6, 6.07) is 3.56. The molecule has 2 N–H and O–H groups in total. The minimum Gasteiger partial charge on any atom is -0.396 e. The standard InChI is InChI=1S/C12H13N3O2/c1-8-10(4-7-16)12(17)15-11(14-8)9-2-5-13-6-3-9/h2-3,5-6,16H,4,7H2,1H3,(H,14,15,17). The van der Waals surface area contributed by atoms with Gasteiger partial charge in [-0.2, -0.15) is 0 Å². The Morgan fingerprint density at radius 2 is 2.06 bits per heavy atom. The molecule has 88 valence electrons. The molecule has 0 saturated carbocycles. The molecule has 2 heterocycles. The quantitative estimate of drug-likeness (QED) is 0.814.